The lowest BCUT2D eigenvalue weighted by atomic mass is 9.92. The second-order valence-corrected chi connectivity index (χ2v) is 9.42. The molecule has 0 unspecified atom stereocenters. The van der Waals surface area contributed by atoms with Crippen LogP contribution in [-0.2, 0) is 0 Å². The van der Waals surface area contributed by atoms with Crippen molar-refractivity contribution in [3.63, 3.8) is 0 Å². The van der Waals surface area contributed by atoms with Crippen LogP contribution in [0.15, 0.2) is 84.9 Å². The number of hydrogen-bond donors (Lipinski definition) is 3. The van der Waals surface area contributed by atoms with Crippen molar-refractivity contribution in [1.82, 2.24) is 15.3 Å². The topological polar surface area (TPSA) is 104 Å². The van der Waals surface area contributed by atoms with Crippen LogP contribution in [0, 0.1) is 5.82 Å². The van der Waals surface area contributed by atoms with E-state index < -0.39 is 17.7 Å². The summed E-state index contributed by atoms with van der Waals surface area (Å²) >= 11 is 0. The number of aromatic carboxylic acids is 1. The normalized spacial score (nSPS) is 11.8. The molecule has 5 rings (SSSR count). The van der Waals surface area contributed by atoms with Crippen LogP contribution in [0.2, 0.25) is 0 Å². The van der Waals surface area contributed by atoms with Crippen molar-refractivity contribution in [2.24, 2.45) is 0 Å². The van der Waals surface area contributed by atoms with Gasteiger partial charge in [0, 0.05) is 22.8 Å². The fraction of sp³-hybridized carbons (Fsp3) is 0.156. The lowest BCUT2D eigenvalue weighted by molar-refractivity contribution is 0.0697. The minimum Gasteiger partial charge on any atom is -0.497 e. The molecule has 7 nitrogen and oxygen atoms in total. The van der Waals surface area contributed by atoms with Gasteiger partial charge in [-0.2, -0.15) is 0 Å². The van der Waals surface area contributed by atoms with Gasteiger partial charge in [-0.05, 0) is 47.9 Å². The summed E-state index contributed by atoms with van der Waals surface area (Å²) in [6.45, 7) is 2.03. The van der Waals surface area contributed by atoms with Crippen molar-refractivity contribution in [2.75, 3.05) is 7.11 Å². The summed E-state index contributed by atoms with van der Waals surface area (Å²) in [6, 6.07) is 23.5. The Morgan fingerprint density at radius 3 is 2.52 bits per heavy atom. The highest BCUT2D eigenvalue weighted by molar-refractivity contribution is 6.03. The number of imidazole rings is 1. The summed E-state index contributed by atoms with van der Waals surface area (Å²) in [5.41, 5.74) is 2.89. The maximum atomic E-state index is 15.4. The Kier molecular flexibility index (Phi) is 7.59. The van der Waals surface area contributed by atoms with Crippen LogP contribution in [-0.4, -0.2) is 34.1 Å². The third-order valence-electron chi connectivity index (χ3n) is 6.83. The highest BCUT2D eigenvalue weighted by Gasteiger charge is 2.23. The molecule has 8 heteroatoms. The summed E-state index contributed by atoms with van der Waals surface area (Å²) in [4.78, 5) is 33.4. The first-order chi connectivity index (χ1) is 19.4. The second kappa shape index (κ2) is 11.4. The number of rotatable bonds is 9. The molecule has 0 saturated carbocycles. The van der Waals surface area contributed by atoms with Gasteiger partial charge in [-0.1, -0.05) is 61.9 Å². The summed E-state index contributed by atoms with van der Waals surface area (Å²) in [5, 5.41) is 13.1. The number of fused-ring (bicyclic) bond motifs is 1. The Hall–Kier alpha value is -4.98. The monoisotopic (exact) mass is 537 g/mol. The zero-order valence-corrected chi connectivity index (χ0v) is 22.1. The number of carbonyl (C=O) groups excluding carboxylic acids is 1. The van der Waals surface area contributed by atoms with Gasteiger partial charge in [-0.15, -0.1) is 0 Å². The molecule has 0 aliphatic carbocycles. The Labute approximate surface area is 230 Å². The zero-order chi connectivity index (χ0) is 28.2. The first-order valence-electron chi connectivity index (χ1n) is 13.0. The predicted molar refractivity (Wildman–Crippen MR) is 152 cm³/mol. The van der Waals surface area contributed by atoms with E-state index in [4.69, 9.17) is 4.74 Å². The highest BCUT2D eigenvalue weighted by Crippen LogP contribution is 2.36. The Morgan fingerprint density at radius 1 is 1.00 bits per heavy atom. The first kappa shape index (κ1) is 26.6. The van der Waals surface area contributed by atoms with Gasteiger partial charge in [0.25, 0.3) is 5.91 Å². The van der Waals surface area contributed by atoms with Crippen molar-refractivity contribution in [2.45, 2.75) is 25.8 Å². The number of hydrogen-bond acceptors (Lipinski definition) is 4. The molecule has 0 saturated heterocycles. The lowest BCUT2D eigenvalue weighted by Crippen LogP contribution is -2.28. The highest BCUT2D eigenvalue weighted by atomic mass is 19.1. The third kappa shape index (κ3) is 5.29. The number of nitrogens with zero attached hydrogens (tertiary/aromatic N) is 1. The predicted octanol–water partition coefficient (Wildman–Crippen LogP) is 7.01. The number of H-pyrrole nitrogens is 1. The Morgan fingerprint density at radius 2 is 1.80 bits per heavy atom. The van der Waals surface area contributed by atoms with E-state index in [0.29, 0.717) is 22.7 Å². The minimum atomic E-state index is -1.28. The van der Waals surface area contributed by atoms with Gasteiger partial charge in [-0.25, -0.2) is 14.2 Å². The second-order valence-electron chi connectivity index (χ2n) is 9.42. The van der Waals surface area contributed by atoms with Crippen LogP contribution >= 0.6 is 0 Å². The maximum Gasteiger partial charge on any atom is 0.336 e. The SMILES string of the molecule is CCC[C@@H](NC(=O)c1ccc(-c2c(F)cccc2-c2nc3cc(OC)ccc3[nH]2)c(C(=O)O)c1)c1ccccc1. The number of carboxylic acids is 1. The van der Waals surface area contributed by atoms with Crippen LogP contribution in [0.4, 0.5) is 4.39 Å². The van der Waals surface area contributed by atoms with Crippen molar-refractivity contribution in [1.29, 1.82) is 0 Å². The molecule has 0 aliphatic rings. The maximum absolute atomic E-state index is 15.4. The number of carbonyl (C=O) groups is 2. The average Bonchev–Trinajstić information content (AvgIpc) is 3.40. The van der Waals surface area contributed by atoms with E-state index in [1.54, 1.807) is 37.4 Å². The van der Waals surface area contributed by atoms with Crippen LogP contribution in [0.3, 0.4) is 0 Å². The number of ether oxygens (including phenoxy) is 1. The Balaban J connectivity index is 1.55. The molecule has 5 aromatic rings. The van der Waals surface area contributed by atoms with E-state index >= 15 is 4.39 Å². The van der Waals surface area contributed by atoms with Gasteiger partial charge in [0.15, 0.2) is 0 Å². The summed E-state index contributed by atoms with van der Waals surface area (Å²) in [5.74, 6) is -1.29. The minimum absolute atomic E-state index is 0.0750. The van der Waals surface area contributed by atoms with E-state index in [2.05, 4.69) is 15.3 Å². The largest absolute Gasteiger partial charge is 0.497 e. The molecular weight excluding hydrogens is 509 g/mol. The number of methoxy groups -OCH3 is 1. The Bertz CT molecular complexity index is 1700. The fourth-order valence-electron chi connectivity index (χ4n) is 4.85. The van der Waals surface area contributed by atoms with Crippen molar-refractivity contribution in [3.05, 3.63) is 107 Å². The van der Waals surface area contributed by atoms with E-state index in [-0.39, 0.29) is 28.3 Å². The zero-order valence-electron chi connectivity index (χ0n) is 22.1. The number of aromatic nitrogens is 2. The van der Waals surface area contributed by atoms with Crippen LogP contribution in [0.5, 0.6) is 5.75 Å². The van der Waals surface area contributed by atoms with E-state index in [0.717, 1.165) is 23.9 Å². The van der Waals surface area contributed by atoms with Gasteiger partial charge in [0.1, 0.15) is 17.4 Å². The third-order valence-corrected chi connectivity index (χ3v) is 6.83. The van der Waals surface area contributed by atoms with E-state index in [1.807, 2.05) is 37.3 Å². The molecule has 1 amide bonds. The molecule has 0 aliphatic heterocycles. The number of benzene rings is 4. The van der Waals surface area contributed by atoms with E-state index in [1.165, 1.54) is 24.3 Å². The summed E-state index contributed by atoms with van der Waals surface area (Å²) in [6.07, 6.45) is 1.57. The number of amides is 1. The molecule has 202 valence electrons. The lowest BCUT2D eigenvalue weighted by Gasteiger charge is -2.19. The standard InChI is InChI=1S/C32H28FN3O4/c1-3-8-26(19-9-5-4-6-10-19)36-31(37)20-13-15-22(24(17-20)32(38)39)29-23(11-7-12-25(29)33)30-34-27-16-14-21(40-2)18-28(27)35-30/h4-7,9-18,26H,3,8H2,1-2H3,(H,34,35)(H,36,37)(H,38,39)/t26-/m1/s1. The smallest absolute Gasteiger partial charge is 0.336 e. The molecule has 3 N–H and O–H groups in total. The fourth-order valence-corrected chi connectivity index (χ4v) is 4.85. The number of nitrogens with one attached hydrogen (secondary N) is 2. The quantitative estimate of drug-likeness (QED) is 0.188. The molecule has 1 aromatic heterocycles. The van der Waals surface area contributed by atoms with Gasteiger partial charge >= 0.3 is 5.97 Å². The van der Waals surface area contributed by atoms with Crippen LogP contribution in [0.25, 0.3) is 33.5 Å². The van der Waals surface area contributed by atoms with Crippen LogP contribution < -0.4 is 10.1 Å². The number of carboxylic acid groups (broad SMARTS) is 1. The van der Waals surface area contributed by atoms with Gasteiger partial charge < -0.3 is 20.1 Å². The molecule has 1 atom stereocenters. The molecular formula is C32H28FN3O4. The number of halogens is 1. The van der Waals surface area contributed by atoms with Crippen molar-refractivity contribution in [3.8, 4) is 28.3 Å². The van der Waals surface area contributed by atoms with Crippen molar-refractivity contribution < 1.29 is 23.8 Å². The van der Waals surface area contributed by atoms with E-state index in [9.17, 15) is 14.7 Å². The molecule has 40 heavy (non-hydrogen) atoms. The van der Waals surface area contributed by atoms with Gasteiger partial charge in [-0.3, -0.25) is 4.79 Å². The van der Waals surface area contributed by atoms with Crippen molar-refractivity contribution >= 4 is 22.9 Å². The average molecular weight is 538 g/mol. The van der Waals surface area contributed by atoms with Crippen LogP contribution in [0.1, 0.15) is 52.1 Å². The van der Waals surface area contributed by atoms with Gasteiger partial charge in [0.2, 0.25) is 0 Å². The molecule has 0 fully saturated rings. The number of aromatic amines is 1. The van der Waals surface area contributed by atoms with Gasteiger partial charge in [0.05, 0.1) is 29.7 Å². The molecule has 0 bridgehead atoms. The first-order valence-corrected chi connectivity index (χ1v) is 13.0. The summed E-state index contributed by atoms with van der Waals surface area (Å²) < 4.78 is 20.7. The summed E-state index contributed by atoms with van der Waals surface area (Å²) in [7, 11) is 1.56. The molecule has 0 radical (unpaired) electrons. The molecule has 4 aromatic carbocycles. The molecule has 1 heterocycles. The molecule has 0 spiro atoms.